The van der Waals surface area contributed by atoms with Gasteiger partial charge in [-0.15, -0.1) is 11.8 Å². The molecule has 168 valence electrons. The average Bonchev–Trinajstić information content (AvgIpc) is 3.17. The van der Waals surface area contributed by atoms with Crippen molar-refractivity contribution in [3.8, 4) is 11.8 Å². The van der Waals surface area contributed by atoms with Crippen LogP contribution in [0.5, 0.6) is 0 Å². The fraction of sp³-hybridized carbons (Fsp3) is 0.731. The molecule has 2 aliphatic rings. The summed E-state index contributed by atoms with van der Waals surface area (Å²) in [4.78, 5) is 12.2. The van der Waals surface area contributed by atoms with Gasteiger partial charge in [0.25, 0.3) is 0 Å². The predicted molar refractivity (Wildman–Crippen MR) is 120 cm³/mol. The van der Waals surface area contributed by atoms with Gasteiger partial charge in [-0.2, -0.15) is 0 Å². The van der Waals surface area contributed by atoms with Crippen LogP contribution in [0.25, 0.3) is 0 Å². The molecule has 0 aromatic carbocycles. The lowest BCUT2D eigenvalue weighted by Crippen LogP contribution is -2.23. The van der Waals surface area contributed by atoms with Crippen molar-refractivity contribution in [1.29, 1.82) is 0 Å². The zero-order valence-electron chi connectivity index (χ0n) is 22.9. The summed E-state index contributed by atoms with van der Waals surface area (Å²) in [7, 11) is 0. The van der Waals surface area contributed by atoms with Crippen LogP contribution in [0.4, 0.5) is 0 Å². The standard InChI is InChI=1S/C26H40O4/c1-6-7-10-18(2)23(27)14-13-21-22-16-19(15-20(22)17-24(21)28)11-8-9-12-25(29)30-26(3,4)5/h11,13-14,18,20-24,27-28H,8-10,12,15-17H2,1-5H3/b14-13+,19-11+/t18?,20-,21+,22-,23+,24+/m0/s1/i8D2,12D2. The van der Waals surface area contributed by atoms with Gasteiger partial charge < -0.3 is 14.9 Å². The molecule has 2 fully saturated rings. The number of fused-ring (bicyclic) bond motifs is 1. The van der Waals surface area contributed by atoms with E-state index in [1.54, 1.807) is 33.8 Å². The molecule has 4 heteroatoms. The molecule has 0 aromatic rings. The van der Waals surface area contributed by atoms with E-state index in [0.717, 1.165) is 5.57 Å². The maximum absolute atomic E-state index is 12.2. The van der Waals surface area contributed by atoms with Crippen LogP contribution in [0.15, 0.2) is 23.8 Å². The fourth-order valence-corrected chi connectivity index (χ4v) is 4.34. The molecule has 0 spiro atoms. The highest BCUT2D eigenvalue weighted by molar-refractivity contribution is 5.69. The van der Waals surface area contributed by atoms with Crippen LogP contribution in [-0.2, 0) is 9.53 Å². The molecule has 0 saturated heterocycles. The molecule has 0 aliphatic heterocycles. The van der Waals surface area contributed by atoms with Crippen molar-refractivity contribution >= 4 is 5.97 Å². The second-order valence-corrected chi connectivity index (χ2v) is 9.56. The largest absolute Gasteiger partial charge is 0.460 e. The van der Waals surface area contributed by atoms with E-state index >= 15 is 0 Å². The summed E-state index contributed by atoms with van der Waals surface area (Å²) >= 11 is 0. The van der Waals surface area contributed by atoms with E-state index < -0.39 is 42.9 Å². The van der Waals surface area contributed by atoms with E-state index in [1.165, 1.54) is 6.08 Å². The molecular weight excluding hydrogens is 376 g/mol. The number of hydrogen-bond donors (Lipinski definition) is 2. The first kappa shape index (κ1) is 19.1. The maximum Gasteiger partial charge on any atom is 0.306 e. The quantitative estimate of drug-likeness (QED) is 0.336. The van der Waals surface area contributed by atoms with Gasteiger partial charge in [0.15, 0.2) is 0 Å². The van der Waals surface area contributed by atoms with Crippen LogP contribution in [0.1, 0.15) is 85.0 Å². The lowest BCUT2D eigenvalue weighted by Gasteiger charge is -2.19. The van der Waals surface area contributed by atoms with Gasteiger partial charge in [0.1, 0.15) is 5.60 Å². The molecule has 30 heavy (non-hydrogen) atoms. The Kier molecular flexibility index (Phi) is 7.12. The van der Waals surface area contributed by atoms with E-state index in [-0.39, 0.29) is 23.7 Å². The van der Waals surface area contributed by atoms with Crippen LogP contribution in [0, 0.1) is 35.5 Å². The third kappa shape index (κ3) is 7.60. The first-order valence-electron chi connectivity index (χ1n) is 12.9. The van der Waals surface area contributed by atoms with E-state index in [9.17, 15) is 15.0 Å². The summed E-state index contributed by atoms with van der Waals surface area (Å²) < 4.78 is 37.9. The first-order chi connectivity index (χ1) is 15.5. The summed E-state index contributed by atoms with van der Waals surface area (Å²) in [6.07, 6.45) is 1.35. The Balaban J connectivity index is 2.06. The van der Waals surface area contributed by atoms with Crippen molar-refractivity contribution in [2.75, 3.05) is 0 Å². The first-order valence-corrected chi connectivity index (χ1v) is 10.9. The zero-order valence-corrected chi connectivity index (χ0v) is 18.9. The Labute approximate surface area is 188 Å². The molecular formula is C26H40O4. The van der Waals surface area contributed by atoms with Crippen molar-refractivity contribution in [2.24, 2.45) is 23.7 Å². The molecule has 1 unspecified atom stereocenters. The number of esters is 1. The highest BCUT2D eigenvalue weighted by atomic mass is 16.6. The number of carbonyl (C=O) groups is 1. The monoisotopic (exact) mass is 420 g/mol. The molecule has 2 aliphatic carbocycles. The van der Waals surface area contributed by atoms with E-state index in [2.05, 4.69) is 11.8 Å². The third-order valence-electron chi connectivity index (χ3n) is 5.86. The van der Waals surface area contributed by atoms with Gasteiger partial charge in [-0.3, -0.25) is 4.79 Å². The van der Waals surface area contributed by atoms with Crippen LogP contribution >= 0.6 is 0 Å². The van der Waals surface area contributed by atoms with Crippen LogP contribution in [0.3, 0.4) is 0 Å². The molecule has 0 radical (unpaired) electrons. The molecule has 4 nitrogen and oxygen atoms in total. The van der Waals surface area contributed by atoms with Gasteiger partial charge in [0.05, 0.1) is 12.2 Å². The van der Waals surface area contributed by atoms with Crippen molar-refractivity contribution in [2.45, 2.75) is 97.3 Å². The summed E-state index contributed by atoms with van der Waals surface area (Å²) in [5.74, 6) is 4.98. The smallest absolute Gasteiger partial charge is 0.306 e. The van der Waals surface area contributed by atoms with Gasteiger partial charge in [0.2, 0.25) is 0 Å². The molecule has 2 N–H and O–H groups in total. The lowest BCUT2D eigenvalue weighted by molar-refractivity contribution is -0.154. The lowest BCUT2D eigenvalue weighted by atomic mass is 9.89. The summed E-state index contributed by atoms with van der Waals surface area (Å²) in [5.41, 5.74) is 0.0360. The van der Waals surface area contributed by atoms with E-state index in [4.69, 9.17) is 10.2 Å². The SMILES string of the molecule is [2H]C([2H])(/C=C1\C[C@H]2C[C@@H](O)[C@H](/C=C/[C@@H](O)C(C)CC#CC)[C@H]2C1)CC([2H])([2H])C(=O)OC(C)(C)C. The third-order valence-corrected chi connectivity index (χ3v) is 5.86. The summed E-state index contributed by atoms with van der Waals surface area (Å²) in [5, 5.41) is 21.0. The molecule has 0 heterocycles. The van der Waals surface area contributed by atoms with Crippen molar-refractivity contribution < 1.29 is 25.2 Å². The topological polar surface area (TPSA) is 66.8 Å². The van der Waals surface area contributed by atoms with E-state index in [0.29, 0.717) is 25.7 Å². The number of ether oxygens (including phenoxy) is 1. The van der Waals surface area contributed by atoms with Gasteiger partial charge in [-0.25, -0.2) is 0 Å². The number of aliphatic hydroxyl groups excluding tert-OH is 2. The minimum atomic E-state index is -2.45. The zero-order chi connectivity index (χ0) is 25.9. The second-order valence-electron chi connectivity index (χ2n) is 9.56. The molecule has 2 rings (SSSR count). The Bertz CT molecular complexity index is 847. The fourth-order valence-electron chi connectivity index (χ4n) is 4.34. The molecule has 0 amide bonds. The Morgan fingerprint density at radius 2 is 2.13 bits per heavy atom. The van der Waals surface area contributed by atoms with Crippen molar-refractivity contribution in [3.63, 3.8) is 0 Å². The highest BCUT2D eigenvalue weighted by Crippen LogP contribution is 2.50. The van der Waals surface area contributed by atoms with Crippen LogP contribution in [-0.4, -0.2) is 34.0 Å². The normalized spacial score (nSPS) is 32.4. The second kappa shape index (κ2) is 11.2. The number of aliphatic hydroxyl groups is 2. The molecule has 2 saturated carbocycles. The summed E-state index contributed by atoms with van der Waals surface area (Å²) in [6, 6.07) is 0. The van der Waals surface area contributed by atoms with Gasteiger partial charge >= 0.3 is 5.97 Å². The van der Waals surface area contributed by atoms with Crippen LogP contribution in [0.2, 0.25) is 0 Å². The van der Waals surface area contributed by atoms with Crippen molar-refractivity contribution in [1.82, 2.24) is 0 Å². The Hall–Kier alpha value is -1.57. The van der Waals surface area contributed by atoms with Gasteiger partial charge in [-0.1, -0.05) is 30.7 Å². The maximum atomic E-state index is 12.2. The summed E-state index contributed by atoms with van der Waals surface area (Å²) in [6.45, 7) is 8.64. The molecule has 0 aromatic heterocycles. The molecule has 0 bridgehead atoms. The number of rotatable bonds is 8. The highest BCUT2D eigenvalue weighted by Gasteiger charge is 2.44. The van der Waals surface area contributed by atoms with Gasteiger partial charge in [0, 0.05) is 24.2 Å². The number of carbonyl (C=O) groups excluding carboxylic acids is 1. The Morgan fingerprint density at radius 1 is 1.40 bits per heavy atom. The average molecular weight is 421 g/mol. The number of hydrogen-bond acceptors (Lipinski definition) is 4. The predicted octanol–water partition coefficient (Wildman–Crippen LogP) is 4.80. The van der Waals surface area contributed by atoms with Gasteiger partial charge in [-0.05, 0) is 77.5 Å². The minimum absolute atomic E-state index is 0.00990. The van der Waals surface area contributed by atoms with Crippen molar-refractivity contribution in [3.05, 3.63) is 23.8 Å². The molecule has 6 atom stereocenters. The number of allylic oxidation sites excluding steroid dienone is 2. The minimum Gasteiger partial charge on any atom is -0.460 e. The van der Waals surface area contributed by atoms with E-state index in [1.807, 2.05) is 13.0 Å². The Morgan fingerprint density at radius 3 is 2.80 bits per heavy atom. The van der Waals surface area contributed by atoms with Crippen LogP contribution < -0.4 is 0 Å².